The molecule has 0 aliphatic carbocycles. The summed E-state index contributed by atoms with van der Waals surface area (Å²) in [5.41, 5.74) is -1.44. The molecule has 0 radical (unpaired) electrons. The molecule has 1 aromatic heterocycles. The van der Waals surface area contributed by atoms with Crippen LogP contribution in [0.15, 0.2) is 36.8 Å². The van der Waals surface area contributed by atoms with E-state index in [4.69, 9.17) is 0 Å². The standard InChI is InChI=1S/C15H6F5IN2/c16-8-1-2-9(11(17)4-8)12-10(15(18,19)20)3-7-5-22-6-23-14(7)13(12)21/h1-6H. The normalized spacial score (nSPS) is 11.9. The largest absolute Gasteiger partial charge is 0.417 e. The number of benzene rings is 2. The van der Waals surface area contributed by atoms with Crippen molar-refractivity contribution in [2.24, 2.45) is 0 Å². The number of fused-ring (bicyclic) bond motifs is 1. The van der Waals surface area contributed by atoms with E-state index < -0.39 is 23.4 Å². The van der Waals surface area contributed by atoms with Crippen molar-refractivity contribution in [3.05, 3.63) is 57.6 Å². The van der Waals surface area contributed by atoms with E-state index in [0.29, 0.717) is 6.07 Å². The fraction of sp³-hybridized carbons (Fsp3) is 0.0667. The van der Waals surface area contributed by atoms with Gasteiger partial charge in [-0.3, -0.25) is 0 Å². The second-order valence-electron chi connectivity index (χ2n) is 4.70. The highest BCUT2D eigenvalue weighted by Gasteiger charge is 2.36. The van der Waals surface area contributed by atoms with Gasteiger partial charge in [0.25, 0.3) is 0 Å². The molecule has 0 saturated heterocycles. The number of nitrogens with zero attached hydrogens (tertiary/aromatic N) is 2. The Hall–Kier alpha value is -1.84. The van der Waals surface area contributed by atoms with Gasteiger partial charge in [-0.2, -0.15) is 13.2 Å². The van der Waals surface area contributed by atoms with Crippen LogP contribution >= 0.6 is 22.6 Å². The third-order valence-electron chi connectivity index (χ3n) is 3.24. The molecule has 0 atom stereocenters. The predicted molar refractivity (Wildman–Crippen MR) is 82.6 cm³/mol. The summed E-state index contributed by atoms with van der Waals surface area (Å²) in [6.45, 7) is 0. The number of rotatable bonds is 1. The number of hydrogen-bond acceptors (Lipinski definition) is 2. The van der Waals surface area contributed by atoms with Crippen molar-refractivity contribution in [3.63, 3.8) is 0 Å². The summed E-state index contributed by atoms with van der Waals surface area (Å²) in [5.74, 6) is -1.93. The molecule has 0 aliphatic heterocycles. The molecule has 0 N–H and O–H groups in total. The van der Waals surface area contributed by atoms with E-state index >= 15 is 0 Å². The van der Waals surface area contributed by atoms with Gasteiger partial charge < -0.3 is 0 Å². The number of halogens is 6. The first kappa shape index (κ1) is 16.0. The molecule has 0 fully saturated rings. The molecule has 0 unspecified atom stereocenters. The average molecular weight is 436 g/mol. The van der Waals surface area contributed by atoms with Crippen LogP contribution in [0.2, 0.25) is 0 Å². The van der Waals surface area contributed by atoms with Gasteiger partial charge in [0.1, 0.15) is 18.0 Å². The zero-order valence-electron chi connectivity index (χ0n) is 11.1. The molecule has 3 aromatic rings. The lowest BCUT2D eigenvalue weighted by atomic mass is 9.97. The highest BCUT2D eigenvalue weighted by atomic mass is 127. The molecule has 0 aliphatic rings. The molecule has 2 nitrogen and oxygen atoms in total. The summed E-state index contributed by atoms with van der Waals surface area (Å²) >= 11 is 1.68. The van der Waals surface area contributed by atoms with Crippen LogP contribution in [0.3, 0.4) is 0 Å². The molecule has 118 valence electrons. The molecule has 8 heteroatoms. The van der Waals surface area contributed by atoms with Gasteiger partial charge in [0.05, 0.1) is 11.1 Å². The van der Waals surface area contributed by atoms with Crippen molar-refractivity contribution in [1.82, 2.24) is 9.97 Å². The highest BCUT2D eigenvalue weighted by molar-refractivity contribution is 14.1. The first-order chi connectivity index (χ1) is 10.8. The Bertz CT molecular complexity index is 908. The Morgan fingerprint density at radius 3 is 2.43 bits per heavy atom. The van der Waals surface area contributed by atoms with Crippen molar-refractivity contribution in [2.45, 2.75) is 6.18 Å². The van der Waals surface area contributed by atoms with Gasteiger partial charge in [0.2, 0.25) is 0 Å². The average Bonchev–Trinajstić information content (AvgIpc) is 2.47. The smallest absolute Gasteiger partial charge is 0.244 e. The van der Waals surface area contributed by atoms with E-state index in [0.717, 1.165) is 18.2 Å². The van der Waals surface area contributed by atoms with Crippen LogP contribution < -0.4 is 0 Å². The fourth-order valence-corrected chi connectivity index (χ4v) is 3.30. The number of aromatic nitrogens is 2. The number of hydrogen-bond donors (Lipinski definition) is 0. The fourth-order valence-electron chi connectivity index (χ4n) is 2.27. The Morgan fingerprint density at radius 2 is 1.78 bits per heavy atom. The summed E-state index contributed by atoms with van der Waals surface area (Å²) in [6.07, 6.45) is -2.26. The summed E-state index contributed by atoms with van der Waals surface area (Å²) in [7, 11) is 0. The summed E-state index contributed by atoms with van der Waals surface area (Å²) < 4.78 is 67.5. The number of alkyl halides is 3. The van der Waals surface area contributed by atoms with Crippen molar-refractivity contribution in [1.29, 1.82) is 0 Å². The maximum atomic E-state index is 14.0. The van der Waals surface area contributed by atoms with E-state index in [9.17, 15) is 22.0 Å². The van der Waals surface area contributed by atoms with Gasteiger partial charge in [-0.1, -0.05) is 0 Å². The molecular formula is C15H6F5IN2. The lowest BCUT2D eigenvalue weighted by Crippen LogP contribution is -2.10. The van der Waals surface area contributed by atoms with Crippen molar-refractivity contribution < 1.29 is 22.0 Å². The van der Waals surface area contributed by atoms with E-state index in [1.165, 1.54) is 12.5 Å². The maximum absolute atomic E-state index is 14.0. The summed E-state index contributed by atoms with van der Waals surface area (Å²) in [4.78, 5) is 7.66. The van der Waals surface area contributed by atoms with Crippen LogP contribution in [-0.2, 0) is 6.18 Å². The minimum absolute atomic E-state index is 0.125. The third kappa shape index (κ3) is 2.87. The predicted octanol–water partition coefficient (Wildman–Crippen LogP) is 5.20. The lowest BCUT2D eigenvalue weighted by Gasteiger charge is -2.17. The maximum Gasteiger partial charge on any atom is 0.417 e. The van der Waals surface area contributed by atoms with Crippen LogP contribution in [0.1, 0.15) is 5.56 Å². The Balaban J connectivity index is 2.44. The molecule has 0 saturated carbocycles. The zero-order valence-corrected chi connectivity index (χ0v) is 13.3. The highest BCUT2D eigenvalue weighted by Crippen LogP contribution is 2.43. The molecule has 0 bridgehead atoms. The van der Waals surface area contributed by atoms with Crippen LogP contribution in [-0.4, -0.2) is 9.97 Å². The Morgan fingerprint density at radius 1 is 1.04 bits per heavy atom. The second-order valence-corrected chi connectivity index (χ2v) is 5.77. The van der Waals surface area contributed by atoms with Gasteiger partial charge in [0.15, 0.2) is 0 Å². The minimum atomic E-state index is -4.71. The van der Waals surface area contributed by atoms with Gasteiger partial charge in [-0.25, -0.2) is 18.7 Å². The Labute approximate surface area is 140 Å². The van der Waals surface area contributed by atoms with Crippen molar-refractivity contribution in [3.8, 4) is 11.1 Å². The second kappa shape index (κ2) is 5.66. The van der Waals surface area contributed by atoms with Gasteiger partial charge in [0, 0.05) is 32.3 Å². The van der Waals surface area contributed by atoms with Gasteiger partial charge in [-0.05, 0) is 40.8 Å². The van der Waals surface area contributed by atoms with Crippen molar-refractivity contribution >= 4 is 33.5 Å². The van der Waals surface area contributed by atoms with Crippen LogP contribution in [0.25, 0.3) is 22.0 Å². The monoisotopic (exact) mass is 436 g/mol. The zero-order chi connectivity index (χ0) is 16.8. The van der Waals surface area contributed by atoms with E-state index in [1.807, 2.05) is 0 Å². The molecule has 3 rings (SSSR count). The first-order valence-corrected chi connectivity index (χ1v) is 7.31. The molecular weight excluding hydrogens is 430 g/mol. The van der Waals surface area contributed by atoms with Crippen LogP contribution in [0, 0.1) is 15.2 Å². The SMILES string of the molecule is Fc1ccc(-c2c(C(F)(F)F)cc3cncnc3c2I)c(F)c1. The molecule has 1 heterocycles. The van der Waals surface area contributed by atoms with Crippen LogP contribution in [0.5, 0.6) is 0 Å². The third-order valence-corrected chi connectivity index (χ3v) is 4.29. The quantitative estimate of drug-likeness (QED) is 0.388. The summed E-state index contributed by atoms with van der Waals surface area (Å²) in [6, 6.07) is 3.33. The molecule has 23 heavy (non-hydrogen) atoms. The molecule has 0 spiro atoms. The van der Waals surface area contributed by atoms with Gasteiger partial charge >= 0.3 is 6.18 Å². The van der Waals surface area contributed by atoms with E-state index in [-0.39, 0.29) is 25.6 Å². The molecule has 2 aromatic carbocycles. The van der Waals surface area contributed by atoms with E-state index in [2.05, 4.69) is 9.97 Å². The lowest BCUT2D eigenvalue weighted by molar-refractivity contribution is -0.137. The summed E-state index contributed by atoms with van der Waals surface area (Å²) in [5, 5.41) is 0.190. The first-order valence-electron chi connectivity index (χ1n) is 6.24. The van der Waals surface area contributed by atoms with E-state index in [1.54, 1.807) is 22.6 Å². The topological polar surface area (TPSA) is 25.8 Å². The minimum Gasteiger partial charge on any atom is -0.244 e. The van der Waals surface area contributed by atoms with Gasteiger partial charge in [-0.15, -0.1) is 0 Å². The molecule has 0 amide bonds. The van der Waals surface area contributed by atoms with Crippen molar-refractivity contribution in [2.75, 3.05) is 0 Å². The van der Waals surface area contributed by atoms with Crippen LogP contribution in [0.4, 0.5) is 22.0 Å². The Kier molecular flexibility index (Phi) is 3.95.